The topological polar surface area (TPSA) is 0 Å². The molecule has 0 amide bonds. The van der Waals surface area contributed by atoms with E-state index < -0.39 is 22.3 Å². The second kappa shape index (κ2) is 3.55. The molecule has 0 heterocycles. The van der Waals surface area contributed by atoms with Crippen LogP contribution in [0.25, 0.3) is 0 Å². The van der Waals surface area contributed by atoms with Crippen molar-refractivity contribution in [3.05, 3.63) is 0 Å². The number of hydrogen-bond donors (Lipinski definition) is 0. The monoisotopic (exact) mass is 304 g/mol. The molecule has 1 atom stereocenters. The van der Waals surface area contributed by atoms with E-state index in [1.54, 1.807) is 0 Å². The molecular formula is C4H3Br2F5. The minimum absolute atomic E-state index is 1.56. The lowest BCUT2D eigenvalue weighted by atomic mass is 10.3. The van der Waals surface area contributed by atoms with Gasteiger partial charge in [0, 0.05) is 0 Å². The average molecular weight is 306 g/mol. The van der Waals surface area contributed by atoms with Crippen molar-refractivity contribution in [1.29, 1.82) is 0 Å². The van der Waals surface area contributed by atoms with Crippen LogP contribution in [0, 0.1) is 0 Å². The third-order valence-corrected chi connectivity index (χ3v) is 2.83. The van der Waals surface area contributed by atoms with Crippen LogP contribution in [0.15, 0.2) is 0 Å². The maximum absolute atomic E-state index is 12.0. The molecule has 0 aromatic rings. The van der Waals surface area contributed by atoms with Gasteiger partial charge in [-0.2, -0.15) is 22.0 Å². The summed E-state index contributed by atoms with van der Waals surface area (Å²) in [6, 6.07) is 0. The van der Waals surface area contributed by atoms with Crippen LogP contribution < -0.4 is 0 Å². The Morgan fingerprint density at radius 1 is 1.09 bits per heavy atom. The second-order valence-corrected chi connectivity index (χ2v) is 3.99. The first-order chi connectivity index (χ1) is 4.63. The lowest BCUT2D eigenvalue weighted by Gasteiger charge is -2.16. The standard InChI is InChI=1S/C4H3Br2F5/c5-2(4(6,10)11)1-3(7,8)9/h2H,1H2/t2-/m1/s1. The zero-order valence-electron chi connectivity index (χ0n) is 4.93. The smallest absolute Gasteiger partial charge is 0.192 e. The number of rotatable bonds is 2. The van der Waals surface area contributed by atoms with E-state index in [1.807, 2.05) is 15.9 Å². The molecule has 68 valence electrons. The Balaban J connectivity index is 3.99. The highest BCUT2D eigenvalue weighted by Gasteiger charge is 2.42. The van der Waals surface area contributed by atoms with Gasteiger partial charge < -0.3 is 0 Å². The summed E-state index contributed by atoms with van der Waals surface area (Å²) in [4.78, 5) is -5.45. The third-order valence-electron chi connectivity index (χ3n) is 0.766. The molecule has 0 saturated heterocycles. The quantitative estimate of drug-likeness (QED) is 0.539. The summed E-state index contributed by atoms with van der Waals surface area (Å²) in [5.41, 5.74) is 0. The van der Waals surface area contributed by atoms with Crippen molar-refractivity contribution in [2.24, 2.45) is 0 Å². The van der Waals surface area contributed by atoms with Crippen molar-refractivity contribution in [2.75, 3.05) is 0 Å². The van der Waals surface area contributed by atoms with E-state index in [0.717, 1.165) is 0 Å². The first kappa shape index (κ1) is 11.6. The Bertz CT molecular complexity index is 125. The maximum Gasteiger partial charge on any atom is 0.390 e. The van der Waals surface area contributed by atoms with Gasteiger partial charge in [0.25, 0.3) is 0 Å². The van der Waals surface area contributed by atoms with Crippen molar-refractivity contribution >= 4 is 31.9 Å². The van der Waals surface area contributed by atoms with Crippen LogP contribution in [0.2, 0.25) is 0 Å². The lowest BCUT2D eigenvalue weighted by molar-refractivity contribution is -0.140. The highest BCUT2D eigenvalue weighted by atomic mass is 79.9. The van der Waals surface area contributed by atoms with Crippen molar-refractivity contribution in [1.82, 2.24) is 0 Å². The van der Waals surface area contributed by atoms with Gasteiger partial charge in [-0.3, -0.25) is 0 Å². The molecule has 0 radical (unpaired) electrons. The fourth-order valence-corrected chi connectivity index (χ4v) is 0.848. The van der Waals surface area contributed by atoms with Gasteiger partial charge in [0.05, 0.1) is 11.2 Å². The van der Waals surface area contributed by atoms with E-state index in [2.05, 4.69) is 15.9 Å². The Kier molecular flexibility index (Phi) is 3.75. The van der Waals surface area contributed by atoms with Crippen molar-refractivity contribution in [3.8, 4) is 0 Å². The van der Waals surface area contributed by atoms with Gasteiger partial charge in [-0.15, -0.1) is 0 Å². The van der Waals surface area contributed by atoms with Gasteiger partial charge in [-0.1, -0.05) is 15.9 Å². The van der Waals surface area contributed by atoms with Crippen LogP contribution in [0.1, 0.15) is 6.42 Å². The molecule has 0 aromatic carbocycles. The molecule has 0 spiro atoms. The summed E-state index contributed by atoms with van der Waals surface area (Å²) in [6.45, 7) is 0. The summed E-state index contributed by atoms with van der Waals surface area (Å²) in [5.74, 6) is 0. The fraction of sp³-hybridized carbons (Fsp3) is 1.00. The highest BCUT2D eigenvalue weighted by molar-refractivity contribution is 9.12. The summed E-state index contributed by atoms with van der Waals surface area (Å²) in [5, 5.41) is 0. The minimum atomic E-state index is -4.58. The first-order valence-electron chi connectivity index (χ1n) is 2.40. The predicted octanol–water partition coefficient (Wildman–Crippen LogP) is 3.69. The fourth-order valence-electron chi connectivity index (χ4n) is 0.319. The van der Waals surface area contributed by atoms with E-state index in [1.165, 1.54) is 0 Å². The third kappa shape index (κ3) is 5.84. The minimum Gasteiger partial charge on any atom is -0.192 e. The molecule has 0 fully saturated rings. The van der Waals surface area contributed by atoms with E-state index in [9.17, 15) is 22.0 Å². The normalized spacial score (nSPS) is 16.6. The molecule has 7 heteroatoms. The van der Waals surface area contributed by atoms with Gasteiger partial charge in [0.15, 0.2) is 0 Å². The predicted molar refractivity (Wildman–Crippen MR) is 37.3 cm³/mol. The van der Waals surface area contributed by atoms with Crippen LogP contribution in [0.3, 0.4) is 0 Å². The Morgan fingerprint density at radius 3 is 1.55 bits per heavy atom. The van der Waals surface area contributed by atoms with Crippen LogP contribution in [0.4, 0.5) is 22.0 Å². The van der Waals surface area contributed by atoms with E-state index in [-0.39, 0.29) is 0 Å². The van der Waals surface area contributed by atoms with Crippen molar-refractivity contribution in [3.63, 3.8) is 0 Å². The van der Waals surface area contributed by atoms with Crippen molar-refractivity contribution < 1.29 is 22.0 Å². The molecule has 0 unspecified atom stereocenters. The molecule has 0 aromatic heterocycles. The Labute approximate surface area is 76.4 Å². The second-order valence-electron chi connectivity index (χ2n) is 1.83. The zero-order valence-corrected chi connectivity index (χ0v) is 8.10. The summed E-state index contributed by atoms with van der Waals surface area (Å²) in [6.07, 6.45) is -6.14. The lowest BCUT2D eigenvalue weighted by Crippen LogP contribution is -2.27. The van der Waals surface area contributed by atoms with Crippen LogP contribution in [-0.4, -0.2) is 15.8 Å². The average Bonchev–Trinajstić information content (AvgIpc) is 1.56. The number of alkyl halides is 7. The molecular weight excluding hydrogens is 303 g/mol. The van der Waals surface area contributed by atoms with E-state index >= 15 is 0 Å². The number of halogens is 7. The van der Waals surface area contributed by atoms with Crippen LogP contribution in [0.5, 0.6) is 0 Å². The molecule has 11 heavy (non-hydrogen) atoms. The summed E-state index contributed by atoms with van der Waals surface area (Å²) < 4.78 is 58.4. The van der Waals surface area contributed by atoms with Crippen molar-refractivity contribution in [2.45, 2.75) is 22.3 Å². The van der Waals surface area contributed by atoms with Gasteiger partial charge in [0.1, 0.15) is 0 Å². The molecule has 0 aliphatic carbocycles. The summed E-state index contributed by atoms with van der Waals surface area (Å²) in [7, 11) is 0. The van der Waals surface area contributed by atoms with Crippen LogP contribution in [-0.2, 0) is 0 Å². The highest BCUT2D eigenvalue weighted by Crippen LogP contribution is 2.38. The van der Waals surface area contributed by atoms with Gasteiger partial charge in [0.2, 0.25) is 0 Å². The molecule has 0 saturated carbocycles. The SMILES string of the molecule is FC(F)(F)C[C@@H](Br)C(F)(F)Br. The zero-order chi connectivity index (χ0) is 9.28. The molecule has 0 N–H and O–H groups in total. The van der Waals surface area contributed by atoms with E-state index in [0.29, 0.717) is 0 Å². The molecule has 0 bridgehead atoms. The summed E-state index contributed by atoms with van der Waals surface area (Å²) >= 11 is 4.03. The van der Waals surface area contributed by atoms with E-state index in [4.69, 9.17) is 0 Å². The van der Waals surface area contributed by atoms with Gasteiger partial charge >= 0.3 is 11.0 Å². The van der Waals surface area contributed by atoms with Crippen LogP contribution >= 0.6 is 31.9 Å². The largest absolute Gasteiger partial charge is 0.390 e. The maximum atomic E-state index is 12.0. The molecule has 0 nitrogen and oxygen atoms in total. The number of hydrogen-bond acceptors (Lipinski definition) is 0. The first-order valence-corrected chi connectivity index (χ1v) is 4.11. The molecule has 0 aliphatic heterocycles. The molecule has 0 rings (SSSR count). The van der Waals surface area contributed by atoms with Gasteiger partial charge in [-0.25, -0.2) is 0 Å². The Morgan fingerprint density at radius 2 is 1.45 bits per heavy atom. The Hall–Kier alpha value is 0.610. The van der Waals surface area contributed by atoms with Gasteiger partial charge in [-0.05, 0) is 15.9 Å². The molecule has 0 aliphatic rings.